The van der Waals surface area contributed by atoms with Crippen molar-refractivity contribution < 1.29 is 9.50 Å². The second-order valence-corrected chi connectivity index (χ2v) is 5.89. The van der Waals surface area contributed by atoms with Crippen molar-refractivity contribution in [2.75, 3.05) is 19.7 Å². The van der Waals surface area contributed by atoms with Gasteiger partial charge in [-0.3, -0.25) is 0 Å². The Morgan fingerprint density at radius 2 is 2.09 bits per heavy atom. The van der Waals surface area contributed by atoms with Crippen molar-refractivity contribution in [2.24, 2.45) is 0 Å². The van der Waals surface area contributed by atoms with Crippen molar-refractivity contribution >= 4 is 12.4 Å². The quantitative estimate of drug-likeness (QED) is 0.900. The molecule has 1 aliphatic rings. The second kappa shape index (κ2) is 7.90. The lowest BCUT2D eigenvalue weighted by Gasteiger charge is -2.22. The summed E-state index contributed by atoms with van der Waals surface area (Å²) in [6, 6.07) is 5.08. The summed E-state index contributed by atoms with van der Waals surface area (Å²) in [5, 5.41) is 12.7. The van der Waals surface area contributed by atoms with Gasteiger partial charge in [0.1, 0.15) is 11.6 Å². The van der Waals surface area contributed by atoms with Crippen LogP contribution in [0.3, 0.4) is 0 Å². The SMILES string of the molecule is Cc1cc(-c2cn(CCO)c(C3CCNCC3)n2)ccc1F.Cl. The minimum atomic E-state index is -0.197. The Morgan fingerprint density at radius 3 is 2.74 bits per heavy atom. The maximum atomic E-state index is 13.4. The summed E-state index contributed by atoms with van der Waals surface area (Å²) in [5.41, 5.74) is 2.40. The fraction of sp³-hybridized carbons (Fsp3) is 0.471. The first-order valence-electron chi connectivity index (χ1n) is 7.84. The molecule has 6 heteroatoms. The number of halogens is 2. The van der Waals surface area contributed by atoms with Gasteiger partial charge in [-0.1, -0.05) is 0 Å². The summed E-state index contributed by atoms with van der Waals surface area (Å²) in [4.78, 5) is 4.80. The van der Waals surface area contributed by atoms with E-state index in [-0.39, 0.29) is 24.8 Å². The van der Waals surface area contributed by atoms with Gasteiger partial charge in [-0.25, -0.2) is 9.37 Å². The maximum Gasteiger partial charge on any atom is 0.126 e. The smallest absolute Gasteiger partial charge is 0.126 e. The van der Waals surface area contributed by atoms with Gasteiger partial charge in [0, 0.05) is 24.2 Å². The number of rotatable bonds is 4. The predicted octanol–water partition coefficient (Wildman–Crippen LogP) is 2.88. The van der Waals surface area contributed by atoms with Crippen LogP contribution in [0, 0.1) is 12.7 Å². The molecule has 3 rings (SSSR count). The molecule has 0 radical (unpaired) electrons. The number of hydrogen-bond donors (Lipinski definition) is 2. The number of nitrogens with zero attached hydrogens (tertiary/aromatic N) is 2. The van der Waals surface area contributed by atoms with Crippen molar-refractivity contribution in [1.29, 1.82) is 0 Å². The Hall–Kier alpha value is -1.43. The number of hydrogen-bond acceptors (Lipinski definition) is 3. The lowest BCUT2D eigenvalue weighted by atomic mass is 9.97. The molecule has 126 valence electrons. The van der Waals surface area contributed by atoms with Gasteiger partial charge in [-0.05, 0) is 56.6 Å². The minimum absolute atomic E-state index is 0. The van der Waals surface area contributed by atoms with Gasteiger partial charge in [-0.2, -0.15) is 0 Å². The van der Waals surface area contributed by atoms with E-state index in [9.17, 15) is 9.50 Å². The van der Waals surface area contributed by atoms with E-state index in [0.29, 0.717) is 18.0 Å². The van der Waals surface area contributed by atoms with E-state index >= 15 is 0 Å². The third-order valence-electron chi connectivity index (χ3n) is 4.31. The Morgan fingerprint density at radius 1 is 1.35 bits per heavy atom. The molecule has 4 nitrogen and oxygen atoms in total. The topological polar surface area (TPSA) is 50.1 Å². The first kappa shape index (κ1) is 17.9. The van der Waals surface area contributed by atoms with E-state index in [4.69, 9.17) is 4.98 Å². The zero-order valence-corrected chi connectivity index (χ0v) is 14.1. The average molecular weight is 340 g/mol. The number of nitrogens with one attached hydrogen (secondary N) is 1. The molecule has 23 heavy (non-hydrogen) atoms. The van der Waals surface area contributed by atoms with Gasteiger partial charge < -0.3 is 15.0 Å². The molecule has 1 aliphatic heterocycles. The van der Waals surface area contributed by atoms with Crippen LogP contribution < -0.4 is 5.32 Å². The molecular weight excluding hydrogens is 317 g/mol. The molecule has 1 aromatic heterocycles. The summed E-state index contributed by atoms with van der Waals surface area (Å²) in [6.45, 7) is 4.41. The highest BCUT2D eigenvalue weighted by Crippen LogP contribution is 2.28. The van der Waals surface area contributed by atoms with E-state index < -0.39 is 0 Å². The Kier molecular flexibility index (Phi) is 6.16. The summed E-state index contributed by atoms with van der Waals surface area (Å²) in [5.74, 6) is 1.26. The van der Waals surface area contributed by atoms with Crippen LogP contribution in [0.15, 0.2) is 24.4 Å². The first-order valence-corrected chi connectivity index (χ1v) is 7.84. The Balaban J connectivity index is 0.00000192. The lowest BCUT2D eigenvalue weighted by molar-refractivity contribution is 0.271. The highest BCUT2D eigenvalue weighted by molar-refractivity contribution is 5.85. The third-order valence-corrected chi connectivity index (χ3v) is 4.31. The fourth-order valence-corrected chi connectivity index (χ4v) is 3.07. The highest BCUT2D eigenvalue weighted by Gasteiger charge is 2.21. The summed E-state index contributed by atoms with van der Waals surface area (Å²) in [6.07, 6.45) is 4.09. The zero-order valence-electron chi connectivity index (χ0n) is 13.3. The molecular formula is C17H23ClFN3O. The van der Waals surface area contributed by atoms with Crippen LogP contribution in [-0.2, 0) is 6.54 Å². The number of aromatic nitrogens is 2. The van der Waals surface area contributed by atoms with Crippen molar-refractivity contribution in [3.63, 3.8) is 0 Å². The Bertz CT molecular complexity index is 653. The third kappa shape index (κ3) is 3.91. The van der Waals surface area contributed by atoms with Gasteiger partial charge in [0.25, 0.3) is 0 Å². The summed E-state index contributed by atoms with van der Waals surface area (Å²) >= 11 is 0. The van der Waals surface area contributed by atoms with Crippen molar-refractivity contribution in [3.05, 3.63) is 41.6 Å². The van der Waals surface area contributed by atoms with Crippen LogP contribution in [0.5, 0.6) is 0 Å². The van der Waals surface area contributed by atoms with Gasteiger partial charge in [0.2, 0.25) is 0 Å². The van der Waals surface area contributed by atoms with Gasteiger partial charge >= 0.3 is 0 Å². The molecule has 0 saturated carbocycles. The second-order valence-electron chi connectivity index (χ2n) is 5.89. The van der Waals surface area contributed by atoms with E-state index in [0.717, 1.165) is 43.0 Å². The van der Waals surface area contributed by atoms with E-state index in [1.165, 1.54) is 6.07 Å². The van der Waals surface area contributed by atoms with Crippen molar-refractivity contribution in [2.45, 2.75) is 32.2 Å². The normalized spacial score (nSPS) is 15.4. The molecule has 1 aromatic carbocycles. The lowest BCUT2D eigenvalue weighted by Crippen LogP contribution is -2.28. The number of benzene rings is 1. The molecule has 0 bridgehead atoms. The van der Waals surface area contributed by atoms with Crippen LogP contribution in [0.2, 0.25) is 0 Å². The monoisotopic (exact) mass is 339 g/mol. The van der Waals surface area contributed by atoms with Crippen molar-refractivity contribution in [1.82, 2.24) is 14.9 Å². The zero-order chi connectivity index (χ0) is 15.5. The molecule has 1 saturated heterocycles. The number of aliphatic hydroxyl groups excluding tert-OH is 1. The van der Waals surface area contributed by atoms with Gasteiger partial charge in [0.15, 0.2) is 0 Å². The molecule has 2 heterocycles. The predicted molar refractivity (Wildman–Crippen MR) is 91.5 cm³/mol. The van der Waals surface area contributed by atoms with Gasteiger partial charge in [-0.15, -0.1) is 12.4 Å². The first-order chi connectivity index (χ1) is 10.7. The molecule has 0 unspecified atom stereocenters. The average Bonchev–Trinajstić information content (AvgIpc) is 2.95. The van der Waals surface area contributed by atoms with Gasteiger partial charge in [0.05, 0.1) is 12.3 Å². The molecule has 2 aromatic rings. The standard InChI is InChI=1S/C17H22FN3O.ClH/c1-12-10-14(2-3-15(12)18)16-11-21(8-9-22)17(20-16)13-4-6-19-7-5-13;/h2-3,10-11,13,19,22H,4-9H2,1H3;1H. The molecule has 0 aliphatic carbocycles. The van der Waals surface area contributed by atoms with Crippen LogP contribution in [0.25, 0.3) is 11.3 Å². The molecule has 2 N–H and O–H groups in total. The van der Waals surface area contributed by atoms with Crippen molar-refractivity contribution in [3.8, 4) is 11.3 Å². The number of aryl methyl sites for hydroxylation is 1. The molecule has 1 fully saturated rings. The minimum Gasteiger partial charge on any atom is -0.395 e. The summed E-state index contributed by atoms with van der Waals surface area (Å²) < 4.78 is 15.5. The molecule has 0 amide bonds. The van der Waals surface area contributed by atoms with Crippen LogP contribution in [-0.4, -0.2) is 34.4 Å². The fourth-order valence-electron chi connectivity index (χ4n) is 3.07. The number of imidazole rings is 1. The molecule has 0 atom stereocenters. The van der Waals surface area contributed by atoms with E-state index in [1.807, 2.05) is 16.8 Å². The summed E-state index contributed by atoms with van der Waals surface area (Å²) in [7, 11) is 0. The number of piperidine rings is 1. The maximum absolute atomic E-state index is 13.4. The largest absolute Gasteiger partial charge is 0.395 e. The van der Waals surface area contributed by atoms with Crippen LogP contribution in [0.4, 0.5) is 4.39 Å². The highest BCUT2D eigenvalue weighted by atomic mass is 35.5. The van der Waals surface area contributed by atoms with Crippen LogP contribution in [0.1, 0.15) is 30.1 Å². The van der Waals surface area contributed by atoms with E-state index in [1.54, 1.807) is 13.0 Å². The van der Waals surface area contributed by atoms with Crippen LogP contribution >= 0.6 is 12.4 Å². The van der Waals surface area contributed by atoms with E-state index in [2.05, 4.69) is 5.32 Å². The Labute approximate surface area is 142 Å². The number of aliphatic hydroxyl groups is 1. The molecule has 0 spiro atoms.